The summed E-state index contributed by atoms with van der Waals surface area (Å²) in [6, 6.07) is 3.54. The first kappa shape index (κ1) is 14.1. The lowest BCUT2D eigenvalue weighted by molar-refractivity contribution is -0.143. The molecule has 0 atom stereocenters. The highest BCUT2D eigenvalue weighted by Crippen LogP contribution is 2.29. The number of rotatable bonds is 6. The molecule has 0 spiro atoms. The second-order valence-corrected chi connectivity index (χ2v) is 5.17. The van der Waals surface area contributed by atoms with Gasteiger partial charge < -0.3 is 14.1 Å². The molecule has 0 bridgehead atoms. The van der Waals surface area contributed by atoms with Crippen LogP contribution < -0.4 is 0 Å². The molecule has 1 aromatic heterocycles. The van der Waals surface area contributed by atoms with Crippen molar-refractivity contribution in [3.63, 3.8) is 0 Å². The van der Waals surface area contributed by atoms with Gasteiger partial charge in [-0.1, -0.05) is 0 Å². The van der Waals surface area contributed by atoms with Gasteiger partial charge >= 0.3 is 5.97 Å². The third kappa shape index (κ3) is 3.83. The van der Waals surface area contributed by atoms with E-state index in [1.54, 1.807) is 24.0 Å². The van der Waals surface area contributed by atoms with Crippen LogP contribution in [0.25, 0.3) is 0 Å². The van der Waals surface area contributed by atoms with Crippen LogP contribution in [0.4, 0.5) is 0 Å². The van der Waals surface area contributed by atoms with E-state index in [-0.39, 0.29) is 24.3 Å². The summed E-state index contributed by atoms with van der Waals surface area (Å²) in [5.41, 5.74) is 0. The number of amides is 1. The van der Waals surface area contributed by atoms with Gasteiger partial charge in [-0.2, -0.15) is 0 Å². The van der Waals surface area contributed by atoms with Crippen LogP contribution in [0.1, 0.15) is 36.7 Å². The highest BCUT2D eigenvalue weighted by Gasteiger charge is 2.34. The molecule has 1 heterocycles. The number of hydrogen-bond acceptors (Lipinski definition) is 4. The largest absolute Gasteiger partial charge is 0.466 e. The van der Waals surface area contributed by atoms with Gasteiger partial charge in [0.2, 0.25) is 0 Å². The van der Waals surface area contributed by atoms with E-state index in [1.165, 1.54) is 0 Å². The molecule has 104 valence electrons. The van der Waals surface area contributed by atoms with Gasteiger partial charge in [0.05, 0.1) is 13.0 Å². The molecule has 1 amide bonds. The third-order valence-electron chi connectivity index (χ3n) is 2.89. The summed E-state index contributed by atoms with van der Waals surface area (Å²) < 4.78 is 10.7. The molecule has 1 aliphatic rings. The molecule has 0 unspecified atom stereocenters. The smallest absolute Gasteiger partial charge is 0.307 e. The normalized spacial score (nSPS) is 14.2. The zero-order chi connectivity index (χ0) is 13.8. The van der Waals surface area contributed by atoms with Gasteiger partial charge in [0.1, 0.15) is 0 Å². The highest BCUT2D eigenvalue weighted by atomic mass is 79.9. The topological polar surface area (TPSA) is 59.8 Å². The van der Waals surface area contributed by atoms with E-state index < -0.39 is 0 Å². The summed E-state index contributed by atoms with van der Waals surface area (Å²) in [6.45, 7) is 2.50. The fourth-order valence-corrected chi connectivity index (χ4v) is 2.16. The Morgan fingerprint density at radius 3 is 2.74 bits per heavy atom. The first-order valence-electron chi connectivity index (χ1n) is 6.33. The van der Waals surface area contributed by atoms with Gasteiger partial charge in [0.25, 0.3) is 5.91 Å². The number of halogens is 1. The van der Waals surface area contributed by atoms with Crippen molar-refractivity contribution in [2.45, 2.75) is 32.2 Å². The fraction of sp³-hybridized carbons (Fsp3) is 0.538. The number of esters is 1. The fourth-order valence-electron chi connectivity index (χ4n) is 1.85. The molecule has 6 heteroatoms. The van der Waals surface area contributed by atoms with Crippen LogP contribution in [0.3, 0.4) is 0 Å². The molecule has 0 saturated heterocycles. The first-order valence-corrected chi connectivity index (χ1v) is 7.13. The molecule has 2 rings (SSSR count). The van der Waals surface area contributed by atoms with Crippen molar-refractivity contribution >= 4 is 27.8 Å². The van der Waals surface area contributed by atoms with E-state index in [0.717, 1.165) is 12.8 Å². The van der Waals surface area contributed by atoms with Crippen LogP contribution in [0.15, 0.2) is 21.2 Å². The number of nitrogens with zero attached hydrogens (tertiary/aromatic N) is 1. The van der Waals surface area contributed by atoms with Crippen molar-refractivity contribution in [1.82, 2.24) is 4.90 Å². The molecule has 1 aromatic rings. The van der Waals surface area contributed by atoms with Gasteiger partial charge in [-0.05, 0) is 47.8 Å². The minimum atomic E-state index is -0.276. The standard InChI is InChI=1S/C13H16BrNO4/c1-2-18-12(16)7-8-15(9-3-4-9)13(17)10-5-6-11(14)19-10/h5-6,9H,2-4,7-8H2,1H3. The van der Waals surface area contributed by atoms with Gasteiger partial charge in [0.15, 0.2) is 10.4 Å². The quantitative estimate of drug-likeness (QED) is 0.752. The molecule has 1 fully saturated rings. The Kier molecular flexibility index (Phi) is 4.63. The maximum Gasteiger partial charge on any atom is 0.307 e. The maximum absolute atomic E-state index is 12.3. The molecule has 19 heavy (non-hydrogen) atoms. The second kappa shape index (κ2) is 6.23. The SMILES string of the molecule is CCOC(=O)CCN(C(=O)c1ccc(Br)o1)C1CC1. The van der Waals surface area contributed by atoms with Gasteiger partial charge in [-0.25, -0.2) is 0 Å². The molecule has 0 aromatic carbocycles. The number of hydrogen-bond donors (Lipinski definition) is 0. The lowest BCUT2D eigenvalue weighted by atomic mass is 10.3. The molecule has 1 saturated carbocycles. The summed E-state index contributed by atoms with van der Waals surface area (Å²) in [6.07, 6.45) is 2.19. The average Bonchev–Trinajstić information content (AvgIpc) is 3.11. The van der Waals surface area contributed by atoms with Crippen LogP contribution in [0.2, 0.25) is 0 Å². The van der Waals surface area contributed by atoms with Gasteiger partial charge in [0, 0.05) is 12.6 Å². The van der Waals surface area contributed by atoms with Crippen molar-refractivity contribution in [3.05, 3.63) is 22.6 Å². The van der Waals surface area contributed by atoms with E-state index in [4.69, 9.17) is 9.15 Å². The lowest BCUT2D eigenvalue weighted by Gasteiger charge is -2.20. The van der Waals surface area contributed by atoms with E-state index in [2.05, 4.69) is 15.9 Å². The highest BCUT2D eigenvalue weighted by molar-refractivity contribution is 9.10. The van der Waals surface area contributed by atoms with Crippen molar-refractivity contribution in [3.8, 4) is 0 Å². The Hall–Kier alpha value is -1.30. The van der Waals surface area contributed by atoms with Crippen LogP contribution in [0, 0.1) is 0 Å². The van der Waals surface area contributed by atoms with Crippen LogP contribution >= 0.6 is 15.9 Å². The Labute approximate surface area is 120 Å². The molecule has 1 aliphatic carbocycles. The van der Waals surface area contributed by atoms with E-state index >= 15 is 0 Å². The Morgan fingerprint density at radius 2 is 2.21 bits per heavy atom. The van der Waals surface area contributed by atoms with Crippen molar-refractivity contribution in [2.75, 3.05) is 13.2 Å². The molecule has 5 nitrogen and oxygen atoms in total. The monoisotopic (exact) mass is 329 g/mol. The summed E-state index contributed by atoms with van der Waals surface area (Å²) in [4.78, 5) is 25.3. The minimum absolute atomic E-state index is 0.169. The zero-order valence-electron chi connectivity index (χ0n) is 10.7. The third-order valence-corrected chi connectivity index (χ3v) is 3.32. The predicted molar refractivity (Wildman–Crippen MR) is 71.7 cm³/mol. The number of ether oxygens (including phenoxy) is 1. The molecular weight excluding hydrogens is 314 g/mol. The van der Waals surface area contributed by atoms with E-state index in [9.17, 15) is 9.59 Å². The van der Waals surface area contributed by atoms with Crippen molar-refractivity contribution < 1.29 is 18.7 Å². The molecular formula is C13H16BrNO4. The number of carbonyl (C=O) groups is 2. The van der Waals surface area contributed by atoms with Gasteiger partial charge in [-0.3, -0.25) is 9.59 Å². The Bertz CT molecular complexity index is 467. The molecule has 0 N–H and O–H groups in total. The zero-order valence-corrected chi connectivity index (χ0v) is 12.3. The van der Waals surface area contributed by atoms with Crippen molar-refractivity contribution in [2.24, 2.45) is 0 Å². The summed E-state index contributed by atoms with van der Waals surface area (Å²) >= 11 is 3.17. The summed E-state index contributed by atoms with van der Waals surface area (Å²) in [5, 5.41) is 0. The van der Waals surface area contributed by atoms with E-state index in [0.29, 0.717) is 23.6 Å². The Morgan fingerprint density at radius 1 is 1.47 bits per heavy atom. The lowest BCUT2D eigenvalue weighted by Crippen LogP contribution is -2.35. The first-order chi connectivity index (χ1) is 9.11. The van der Waals surface area contributed by atoms with Crippen LogP contribution in [-0.2, 0) is 9.53 Å². The number of furan rings is 1. The second-order valence-electron chi connectivity index (χ2n) is 4.39. The summed E-state index contributed by atoms with van der Waals surface area (Å²) in [7, 11) is 0. The average molecular weight is 330 g/mol. The predicted octanol–water partition coefficient (Wildman–Crippen LogP) is 2.60. The van der Waals surface area contributed by atoms with Crippen LogP contribution in [-0.4, -0.2) is 36.0 Å². The maximum atomic E-state index is 12.3. The molecule has 0 aliphatic heterocycles. The van der Waals surface area contributed by atoms with Crippen molar-refractivity contribution in [1.29, 1.82) is 0 Å². The minimum Gasteiger partial charge on any atom is -0.466 e. The molecule has 0 radical (unpaired) electrons. The Balaban J connectivity index is 1.96. The van der Waals surface area contributed by atoms with E-state index in [1.807, 2.05) is 0 Å². The van der Waals surface area contributed by atoms with Gasteiger partial charge in [-0.15, -0.1) is 0 Å². The summed E-state index contributed by atoms with van der Waals surface area (Å²) in [5.74, 6) is -0.151. The number of carbonyl (C=O) groups excluding carboxylic acids is 2. The van der Waals surface area contributed by atoms with Crippen LogP contribution in [0.5, 0.6) is 0 Å².